The second-order valence-electron chi connectivity index (χ2n) is 5.37. The number of hydrogen-bond donors (Lipinski definition) is 1. The molecule has 2 rings (SSSR count). The largest absolute Gasteiger partial charge is 0.379 e. The van der Waals surface area contributed by atoms with Gasteiger partial charge in [-0.1, -0.05) is 32.0 Å². The molecule has 3 heteroatoms. The Kier molecular flexibility index (Phi) is 5.00. The van der Waals surface area contributed by atoms with E-state index in [0.717, 1.165) is 26.2 Å². The zero-order valence-corrected chi connectivity index (χ0v) is 11.9. The van der Waals surface area contributed by atoms with Crippen LogP contribution in [0.25, 0.3) is 10.9 Å². The second-order valence-corrected chi connectivity index (χ2v) is 5.37. The van der Waals surface area contributed by atoms with E-state index in [9.17, 15) is 0 Å². The third-order valence-corrected chi connectivity index (χ3v) is 3.21. The maximum Gasteiger partial charge on any atom is 0.0645 e. The van der Waals surface area contributed by atoms with Gasteiger partial charge in [-0.25, -0.2) is 0 Å². The Morgan fingerprint density at radius 3 is 2.84 bits per heavy atom. The van der Waals surface area contributed by atoms with Crippen LogP contribution in [0.2, 0.25) is 0 Å². The first-order chi connectivity index (χ1) is 9.22. The molecule has 0 saturated heterocycles. The molecular weight excluding hydrogens is 236 g/mol. The third-order valence-electron chi connectivity index (χ3n) is 3.21. The number of hydrogen-bond acceptors (Lipinski definition) is 2. The van der Waals surface area contributed by atoms with E-state index in [1.54, 1.807) is 0 Å². The van der Waals surface area contributed by atoms with E-state index in [4.69, 9.17) is 10.5 Å². The van der Waals surface area contributed by atoms with E-state index < -0.39 is 0 Å². The van der Waals surface area contributed by atoms with Crippen LogP contribution in [0, 0.1) is 5.92 Å². The van der Waals surface area contributed by atoms with E-state index in [1.807, 2.05) is 0 Å². The average molecular weight is 260 g/mol. The van der Waals surface area contributed by atoms with Crippen LogP contribution in [0.4, 0.5) is 0 Å². The molecule has 1 heterocycles. The highest BCUT2D eigenvalue weighted by atomic mass is 16.5. The minimum atomic E-state index is 0.592. The summed E-state index contributed by atoms with van der Waals surface area (Å²) >= 11 is 0. The molecule has 0 fully saturated rings. The van der Waals surface area contributed by atoms with E-state index in [1.165, 1.54) is 16.5 Å². The second kappa shape index (κ2) is 6.73. The highest BCUT2D eigenvalue weighted by molar-refractivity contribution is 5.83. The molecule has 0 aliphatic carbocycles. The number of rotatable bonds is 7. The molecule has 0 amide bonds. The van der Waals surface area contributed by atoms with Crippen molar-refractivity contribution >= 4 is 10.9 Å². The number of aromatic nitrogens is 1. The third kappa shape index (κ3) is 3.58. The number of nitrogens with two attached hydrogens (primary N) is 1. The Labute approximate surface area is 115 Å². The lowest BCUT2D eigenvalue weighted by molar-refractivity contribution is 0.104. The van der Waals surface area contributed by atoms with Crippen molar-refractivity contribution in [1.29, 1.82) is 0 Å². The lowest BCUT2D eigenvalue weighted by atomic mass is 10.1. The van der Waals surface area contributed by atoms with Crippen molar-refractivity contribution in [3.8, 4) is 0 Å². The highest BCUT2D eigenvalue weighted by Crippen LogP contribution is 2.20. The van der Waals surface area contributed by atoms with Crippen molar-refractivity contribution in [2.75, 3.05) is 19.8 Å². The molecular formula is C16H24N2O. The Bertz CT molecular complexity index is 516. The van der Waals surface area contributed by atoms with Gasteiger partial charge >= 0.3 is 0 Å². The maximum atomic E-state index is 5.69. The van der Waals surface area contributed by atoms with E-state index in [2.05, 4.69) is 48.9 Å². The van der Waals surface area contributed by atoms with Gasteiger partial charge in [0.05, 0.1) is 12.1 Å². The van der Waals surface area contributed by atoms with Gasteiger partial charge in [-0.15, -0.1) is 0 Å². The molecule has 1 aromatic heterocycles. The van der Waals surface area contributed by atoms with Gasteiger partial charge in [0, 0.05) is 19.3 Å². The predicted octanol–water partition coefficient (Wildman–Crippen LogP) is 2.82. The first-order valence-electron chi connectivity index (χ1n) is 7.07. The first-order valence-corrected chi connectivity index (χ1v) is 7.07. The quantitative estimate of drug-likeness (QED) is 0.778. The van der Waals surface area contributed by atoms with Crippen molar-refractivity contribution in [3.63, 3.8) is 0 Å². The summed E-state index contributed by atoms with van der Waals surface area (Å²) in [4.78, 5) is 0. The minimum Gasteiger partial charge on any atom is -0.379 e. The van der Waals surface area contributed by atoms with Crippen LogP contribution in [0.5, 0.6) is 0 Å². The minimum absolute atomic E-state index is 0.592. The van der Waals surface area contributed by atoms with Crippen molar-refractivity contribution in [2.24, 2.45) is 11.7 Å². The molecule has 3 nitrogen and oxygen atoms in total. The fraction of sp³-hybridized carbons (Fsp3) is 0.500. The Morgan fingerprint density at radius 2 is 2.11 bits per heavy atom. The average Bonchev–Trinajstić information content (AvgIpc) is 2.79. The molecule has 0 aliphatic heterocycles. The zero-order chi connectivity index (χ0) is 13.7. The Morgan fingerprint density at radius 1 is 1.26 bits per heavy atom. The van der Waals surface area contributed by atoms with Gasteiger partial charge in [-0.3, -0.25) is 0 Å². The van der Waals surface area contributed by atoms with Gasteiger partial charge in [-0.2, -0.15) is 0 Å². The summed E-state index contributed by atoms with van der Waals surface area (Å²) in [6.07, 6.45) is 3.07. The molecule has 19 heavy (non-hydrogen) atoms. The van der Waals surface area contributed by atoms with E-state index in [0.29, 0.717) is 12.5 Å². The molecule has 1 aromatic carbocycles. The van der Waals surface area contributed by atoms with Crippen LogP contribution in [0.15, 0.2) is 30.5 Å². The van der Waals surface area contributed by atoms with E-state index in [-0.39, 0.29) is 0 Å². The summed E-state index contributed by atoms with van der Waals surface area (Å²) < 4.78 is 7.95. The van der Waals surface area contributed by atoms with Gasteiger partial charge in [0.1, 0.15) is 0 Å². The van der Waals surface area contributed by atoms with Crippen LogP contribution in [0.1, 0.15) is 19.4 Å². The fourth-order valence-corrected chi connectivity index (χ4v) is 2.37. The van der Waals surface area contributed by atoms with E-state index >= 15 is 0 Å². The Hall–Kier alpha value is -1.32. The monoisotopic (exact) mass is 260 g/mol. The molecule has 0 atom stereocenters. The van der Waals surface area contributed by atoms with Crippen LogP contribution in [0.3, 0.4) is 0 Å². The lowest BCUT2D eigenvalue weighted by Crippen LogP contribution is -2.10. The SMILES string of the molecule is CC(C)COCCn1ccc2cccc(CCN)c21. The summed E-state index contributed by atoms with van der Waals surface area (Å²) in [5.74, 6) is 0.592. The molecule has 0 radical (unpaired) electrons. The van der Waals surface area contributed by atoms with Crippen molar-refractivity contribution in [2.45, 2.75) is 26.8 Å². The summed E-state index contributed by atoms with van der Waals surface area (Å²) in [6, 6.07) is 8.59. The molecule has 0 spiro atoms. The number of fused-ring (bicyclic) bond motifs is 1. The summed E-state index contributed by atoms with van der Waals surface area (Å²) in [5.41, 5.74) is 8.33. The van der Waals surface area contributed by atoms with Gasteiger partial charge in [0.25, 0.3) is 0 Å². The molecule has 0 aliphatic rings. The number of nitrogens with zero attached hydrogens (tertiary/aromatic N) is 1. The smallest absolute Gasteiger partial charge is 0.0645 e. The lowest BCUT2D eigenvalue weighted by Gasteiger charge is -2.11. The van der Waals surface area contributed by atoms with Gasteiger partial charge in [0.15, 0.2) is 0 Å². The summed E-state index contributed by atoms with van der Waals surface area (Å²) in [6.45, 7) is 7.52. The molecule has 2 aromatic rings. The molecule has 104 valence electrons. The number of ether oxygens (including phenoxy) is 1. The van der Waals surface area contributed by atoms with Crippen molar-refractivity contribution in [3.05, 3.63) is 36.0 Å². The topological polar surface area (TPSA) is 40.2 Å². The van der Waals surface area contributed by atoms with Crippen LogP contribution < -0.4 is 5.73 Å². The molecule has 2 N–H and O–H groups in total. The number of benzene rings is 1. The van der Waals surface area contributed by atoms with Gasteiger partial charge in [0.2, 0.25) is 0 Å². The zero-order valence-electron chi connectivity index (χ0n) is 11.9. The maximum absolute atomic E-state index is 5.69. The standard InChI is InChI=1S/C16H24N2O/c1-13(2)12-19-11-10-18-9-7-15-5-3-4-14(6-8-17)16(15)18/h3-5,7,9,13H,6,8,10-12,17H2,1-2H3. The molecule has 0 unspecified atom stereocenters. The molecule has 0 bridgehead atoms. The Balaban J connectivity index is 2.10. The summed E-state index contributed by atoms with van der Waals surface area (Å²) in [5, 5.41) is 1.29. The highest BCUT2D eigenvalue weighted by Gasteiger charge is 2.06. The van der Waals surface area contributed by atoms with Crippen molar-refractivity contribution in [1.82, 2.24) is 4.57 Å². The predicted molar refractivity (Wildman–Crippen MR) is 80.4 cm³/mol. The fourth-order valence-electron chi connectivity index (χ4n) is 2.37. The summed E-state index contributed by atoms with van der Waals surface area (Å²) in [7, 11) is 0. The molecule has 0 saturated carbocycles. The van der Waals surface area contributed by atoms with Crippen LogP contribution in [-0.2, 0) is 17.7 Å². The van der Waals surface area contributed by atoms with Crippen LogP contribution >= 0.6 is 0 Å². The first kappa shape index (κ1) is 14.1. The van der Waals surface area contributed by atoms with Crippen molar-refractivity contribution < 1.29 is 4.74 Å². The normalized spacial score (nSPS) is 11.6. The van der Waals surface area contributed by atoms with Gasteiger partial charge in [-0.05, 0) is 35.9 Å². The van der Waals surface area contributed by atoms with Gasteiger partial charge < -0.3 is 15.0 Å². The number of para-hydroxylation sites is 1. The van der Waals surface area contributed by atoms with Crippen LogP contribution in [-0.4, -0.2) is 24.3 Å².